The number of ether oxygens (including phenoxy) is 1. The Hall–Kier alpha value is -0.630. The van der Waals surface area contributed by atoms with Crippen molar-refractivity contribution in [2.24, 2.45) is 5.73 Å². The van der Waals surface area contributed by atoms with Crippen molar-refractivity contribution in [3.05, 3.63) is 0 Å². The van der Waals surface area contributed by atoms with Crippen LogP contribution in [0.3, 0.4) is 0 Å². The summed E-state index contributed by atoms with van der Waals surface area (Å²) in [6.07, 6.45) is -5.35. The second-order valence-electron chi connectivity index (χ2n) is 2.36. The standard InChI is InChI=1S/C6H8F5NO2.ClH/c1-2-14-4(13)5(7,8)3(12)6(9,10)11;/h3H,2,12H2,1H3;1H/t3-;/m1./s1. The van der Waals surface area contributed by atoms with E-state index in [-0.39, 0.29) is 12.4 Å². The van der Waals surface area contributed by atoms with Gasteiger partial charge in [0.15, 0.2) is 6.04 Å². The summed E-state index contributed by atoms with van der Waals surface area (Å²) >= 11 is 0. The van der Waals surface area contributed by atoms with Gasteiger partial charge >= 0.3 is 18.1 Å². The minimum absolute atomic E-state index is 0. The molecule has 0 aliphatic carbocycles. The molecule has 0 rings (SSSR count). The van der Waals surface area contributed by atoms with Crippen molar-refractivity contribution in [1.82, 2.24) is 0 Å². The molecular weight excluding hydrogens is 249 g/mol. The maximum absolute atomic E-state index is 12.6. The molecule has 3 nitrogen and oxygen atoms in total. The molecule has 0 spiro atoms. The zero-order valence-corrected chi connectivity index (χ0v) is 8.29. The summed E-state index contributed by atoms with van der Waals surface area (Å²) in [4.78, 5) is 10.4. The molecule has 9 heteroatoms. The largest absolute Gasteiger partial charge is 0.462 e. The van der Waals surface area contributed by atoms with Crippen molar-refractivity contribution in [2.45, 2.75) is 25.1 Å². The van der Waals surface area contributed by atoms with Gasteiger partial charge in [-0.1, -0.05) is 0 Å². The van der Waals surface area contributed by atoms with E-state index in [9.17, 15) is 26.7 Å². The first kappa shape index (κ1) is 16.8. The Kier molecular flexibility index (Phi) is 6.10. The molecule has 0 saturated carbocycles. The third-order valence-electron chi connectivity index (χ3n) is 1.29. The van der Waals surface area contributed by atoms with Gasteiger partial charge in [0.05, 0.1) is 6.61 Å². The zero-order valence-electron chi connectivity index (χ0n) is 7.48. The highest BCUT2D eigenvalue weighted by Gasteiger charge is 2.59. The van der Waals surface area contributed by atoms with Crippen LogP contribution in [-0.4, -0.2) is 30.7 Å². The molecule has 0 aliphatic heterocycles. The van der Waals surface area contributed by atoms with E-state index in [0.29, 0.717) is 0 Å². The van der Waals surface area contributed by atoms with Crippen LogP contribution in [0.25, 0.3) is 0 Å². The van der Waals surface area contributed by atoms with E-state index in [1.807, 2.05) is 0 Å². The average Bonchev–Trinajstić information content (AvgIpc) is 2.01. The molecule has 0 aliphatic rings. The van der Waals surface area contributed by atoms with E-state index in [1.54, 1.807) is 0 Å². The maximum Gasteiger partial charge on any atom is 0.410 e. The summed E-state index contributed by atoms with van der Waals surface area (Å²) in [6.45, 7) is 0.742. The Labute approximate surface area is 88.2 Å². The molecular formula is C6H9ClF5NO2. The summed E-state index contributed by atoms with van der Waals surface area (Å²) in [7, 11) is 0. The normalized spacial score (nSPS) is 14.1. The number of halogens is 6. The molecule has 0 bridgehead atoms. The van der Waals surface area contributed by atoms with Gasteiger partial charge in [0.1, 0.15) is 0 Å². The van der Waals surface area contributed by atoms with Gasteiger partial charge in [0.25, 0.3) is 0 Å². The highest BCUT2D eigenvalue weighted by Crippen LogP contribution is 2.31. The van der Waals surface area contributed by atoms with Crippen LogP contribution in [0.2, 0.25) is 0 Å². The van der Waals surface area contributed by atoms with E-state index in [0.717, 1.165) is 0 Å². The third-order valence-corrected chi connectivity index (χ3v) is 1.29. The van der Waals surface area contributed by atoms with Crippen LogP contribution >= 0.6 is 12.4 Å². The molecule has 92 valence electrons. The molecule has 2 N–H and O–H groups in total. The minimum Gasteiger partial charge on any atom is -0.462 e. The number of hydrogen-bond acceptors (Lipinski definition) is 3. The monoisotopic (exact) mass is 257 g/mol. The highest BCUT2D eigenvalue weighted by molar-refractivity contribution is 5.85. The molecule has 0 radical (unpaired) electrons. The quantitative estimate of drug-likeness (QED) is 0.616. The van der Waals surface area contributed by atoms with E-state index >= 15 is 0 Å². The first-order valence-corrected chi connectivity index (χ1v) is 3.51. The van der Waals surface area contributed by atoms with Crippen molar-refractivity contribution in [3.63, 3.8) is 0 Å². The first-order valence-electron chi connectivity index (χ1n) is 3.51. The molecule has 0 aromatic rings. The molecule has 0 saturated heterocycles. The van der Waals surface area contributed by atoms with Crippen molar-refractivity contribution in [1.29, 1.82) is 0 Å². The molecule has 0 fully saturated rings. The highest BCUT2D eigenvalue weighted by atomic mass is 35.5. The van der Waals surface area contributed by atoms with Crippen LogP contribution in [0.5, 0.6) is 0 Å². The van der Waals surface area contributed by atoms with Crippen LogP contribution < -0.4 is 5.73 Å². The van der Waals surface area contributed by atoms with E-state index in [1.165, 1.54) is 6.92 Å². The van der Waals surface area contributed by atoms with Gasteiger partial charge in [-0.2, -0.15) is 22.0 Å². The van der Waals surface area contributed by atoms with Crippen molar-refractivity contribution in [2.75, 3.05) is 6.61 Å². The Morgan fingerprint density at radius 3 is 2.00 bits per heavy atom. The van der Waals surface area contributed by atoms with E-state index in [2.05, 4.69) is 10.5 Å². The van der Waals surface area contributed by atoms with Gasteiger partial charge in [-0.25, -0.2) is 4.79 Å². The third kappa shape index (κ3) is 4.17. The maximum atomic E-state index is 12.6. The second kappa shape index (κ2) is 5.45. The second-order valence-corrected chi connectivity index (χ2v) is 2.36. The van der Waals surface area contributed by atoms with Gasteiger partial charge in [-0.15, -0.1) is 12.4 Å². The minimum atomic E-state index is -5.35. The molecule has 0 amide bonds. The van der Waals surface area contributed by atoms with Gasteiger partial charge in [0.2, 0.25) is 0 Å². The predicted molar refractivity (Wildman–Crippen MR) is 42.9 cm³/mol. The first-order chi connectivity index (χ1) is 6.14. The smallest absolute Gasteiger partial charge is 0.410 e. The number of carbonyl (C=O) groups excluding carboxylic acids is 1. The fourth-order valence-corrected chi connectivity index (χ4v) is 0.560. The Morgan fingerprint density at radius 1 is 1.33 bits per heavy atom. The molecule has 0 aromatic heterocycles. The lowest BCUT2D eigenvalue weighted by atomic mass is 10.1. The fourth-order valence-electron chi connectivity index (χ4n) is 0.560. The summed E-state index contributed by atoms with van der Waals surface area (Å²) in [5, 5.41) is 0. The van der Waals surface area contributed by atoms with Gasteiger partial charge in [0, 0.05) is 0 Å². The topological polar surface area (TPSA) is 52.3 Å². The average molecular weight is 258 g/mol. The van der Waals surface area contributed by atoms with Crippen LogP contribution in [0.1, 0.15) is 6.92 Å². The summed E-state index contributed by atoms with van der Waals surface area (Å²) < 4.78 is 64.1. The summed E-state index contributed by atoms with van der Waals surface area (Å²) in [6, 6.07) is -3.55. The van der Waals surface area contributed by atoms with Gasteiger partial charge in [-0.3, -0.25) is 0 Å². The van der Waals surface area contributed by atoms with Crippen molar-refractivity contribution >= 4 is 18.4 Å². The molecule has 0 heterocycles. The van der Waals surface area contributed by atoms with Crippen LogP contribution in [0.15, 0.2) is 0 Å². The van der Waals surface area contributed by atoms with Crippen LogP contribution in [0.4, 0.5) is 22.0 Å². The lowest BCUT2D eigenvalue weighted by Gasteiger charge is -2.23. The number of nitrogens with two attached hydrogens (primary N) is 1. The van der Waals surface area contributed by atoms with Gasteiger partial charge < -0.3 is 10.5 Å². The van der Waals surface area contributed by atoms with Gasteiger partial charge in [-0.05, 0) is 6.92 Å². The molecule has 15 heavy (non-hydrogen) atoms. The van der Waals surface area contributed by atoms with Crippen LogP contribution in [-0.2, 0) is 9.53 Å². The summed E-state index contributed by atoms with van der Waals surface area (Å²) in [5.74, 6) is -7.03. The van der Waals surface area contributed by atoms with Crippen LogP contribution in [0, 0.1) is 0 Å². The number of rotatable bonds is 3. The number of carbonyl (C=O) groups is 1. The number of hydrogen-bond donors (Lipinski definition) is 1. The molecule has 0 aromatic carbocycles. The van der Waals surface area contributed by atoms with E-state index < -0.39 is 30.7 Å². The Morgan fingerprint density at radius 2 is 1.73 bits per heavy atom. The lowest BCUT2D eigenvalue weighted by Crippen LogP contribution is -2.56. The lowest BCUT2D eigenvalue weighted by molar-refractivity contribution is -0.219. The molecule has 1 atom stereocenters. The Balaban J connectivity index is 0. The van der Waals surface area contributed by atoms with Crippen molar-refractivity contribution < 1.29 is 31.5 Å². The fraction of sp³-hybridized carbons (Fsp3) is 0.833. The molecule has 0 unspecified atom stereocenters. The predicted octanol–water partition coefficient (Wildman–Crippen LogP) is 1.50. The summed E-state index contributed by atoms with van der Waals surface area (Å²) in [5.41, 5.74) is 4.18. The van der Waals surface area contributed by atoms with Crippen molar-refractivity contribution in [3.8, 4) is 0 Å². The SMILES string of the molecule is CCOC(=O)C(F)(F)[C@@H](N)C(F)(F)F.Cl. The van der Waals surface area contributed by atoms with E-state index in [4.69, 9.17) is 0 Å². The number of alkyl halides is 5. The Bertz CT molecular complexity index is 220. The zero-order chi connectivity index (χ0) is 11.6. The number of esters is 1.